The van der Waals surface area contributed by atoms with Crippen LogP contribution < -0.4 is 10.2 Å². The Hall–Kier alpha value is -1.40. The molecule has 1 amide bonds. The van der Waals surface area contributed by atoms with Gasteiger partial charge in [-0.05, 0) is 50.5 Å². The molecule has 1 aromatic rings. The summed E-state index contributed by atoms with van der Waals surface area (Å²) in [5, 5.41) is 3.27. The van der Waals surface area contributed by atoms with Gasteiger partial charge in [0, 0.05) is 32.7 Å². The van der Waals surface area contributed by atoms with Gasteiger partial charge in [-0.25, -0.2) is 9.97 Å². The Kier molecular flexibility index (Phi) is 7.30. The highest BCUT2D eigenvalue weighted by atomic mass is 35.5. The molecule has 3 rings (SSSR count). The molecule has 2 aliphatic heterocycles. The van der Waals surface area contributed by atoms with Crippen LogP contribution in [0.3, 0.4) is 0 Å². The van der Waals surface area contributed by atoms with E-state index in [-0.39, 0.29) is 11.6 Å². The van der Waals surface area contributed by atoms with Gasteiger partial charge in [0.25, 0.3) is 5.91 Å². The monoisotopic (exact) mass is 393 g/mol. The maximum Gasteiger partial charge on any atom is 0.271 e. The van der Waals surface area contributed by atoms with E-state index < -0.39 is 0 Å². The van der Waals surface area contributed by atoms with Crippen LogP contribution in [0.5, 0.6) is 0 Å². The lowest BCUT2D eigenvalue weighted by molar-refractivity contribution is 0.0946. The summed E-state index contributed by atoms with van der Waals surface area (Å²) < 4.78 is 0. The number of halogens is 1. The van der Waals surface area contributed by atoms with Crippen molar-refractivity contribution in [2.75, 3.05) is 44.2 Å². The molecule has 1 N–H and O–H groups in total. The quantitative estimate of drug-likeness (QED) is 0.720. The van der Waals surface area contributed by atoms with Gasteiger partial charge in [0.15, 0.2) is 5.69 Å². The lowest BCUT2D eigenvalue weighted by atomic mass is 9.92. The lowest BCUT2D eigenvalue weighted by Gasteiger charge is -2.34. The Bertz CT molecular complexity index is 625. The Morgan fingerprint density at radius 2 is 1.93 bits per heavy atom. The minimum Gasteiger partial charge on any atom is -0.351 e. The molecule has 6 nitrogen and oxygen atoms in total. The van der Waals surface area contributed by atoms with Crippen LogP contribution in [-0.2, 0) is 0 Å². The van der Waals surface area contributed by atoms with E-state index in [1.165, 1.54) is 25.7 Å². The number of piperidine rings is 1. The summed E-state index contributed by atoms with van der Waals surface area (Å²) >= 11 is 6.16. The number of carbonyl (C=O) groups excluding carboxylic acids is 1. The van der Waals surface area contributed by atoms with E-state index in [0.717, 1.165) is 57.2 Å². The highest BCUT2D eigenvalue weighted by molar-refractivity contribution is 6.33. The molecular weight excluding hydrogens is 362 g/mol. The van der Waals surface area contributed by atoms with E-state index in [9.17, 15) is 4.79 Å². The van der Waals surface area contributed by atoms with E-state index in [2.05, 4.69) is 38.9 Å². The van der Waals surface area contributed by atoms with Crippen molar-refractivity contribution in [3.8, 4) is 0 Å². The summed E-state index contributed by atoms with van der Waals surface area (Å²) in [6.45, 7) is 10.7. The van der Waals surface area contributed by atoms with Crippen molar-refractivity contribution in [3.05, 3.63) is 16.9 Å². The first-order valence-electron chi connectivity index (χ1n) is 10.3. The Morgan fingerprint density at radius 1 is 1.22 bits per heavy atom. The highest BCUT2D eigenvalue weighted by Crippen LogP contribution is 2.21. The summed E-state index contributed by atoms with van der Waals surface area (Å²) in [7, 11) is 0. The first kappa shape index (κ1) is 20.3. The van der Waals surface area contributed by atoms with Crippen LogP contribution in [0.25, 0.3) is 0 Å². The predicted molar refractivity (Wildman–Crippen MR) is 109 cm³/mol. The second-order valence-electron chi connectivity index (χ2n) is 8.23. The zero-order valence-corrected chi connectivity index (χ0v) is 17.3. The van der Waals surface area contributed by atoms with Crippen LogP contribution >= 0.6 is 11.6 Å². The van der Waals surface area contributed by atoms with E-state index >= 15 is 0 Å². The van der Waals surface area contributed by atoms with Crippen molar-refractivity contribution < 1.29 is 4.79 Å². The molecule has 2 aliphatic rings. The third-order valence-electron chi connectivity index (χ3n) is 5.47. The van der Waals surface area contributed by atoms with E-state index in [0.29, 0.717) is 17.5 Å². The third kappa shape index (κ3) is 5.79. The zero-order chi connectivity index (χ0) is 19.2. The second kappa shape index (κ2) is 9.69. The summed E-state index contributed by atoms with van der Waals surface area (Å²) in [5.74, 6) is 1.98. The van der Waals surface area contributed by atoms with E-state index in [1.54, 1.807) is 0 Å². The number of likely N-dealkylation sites (tertiary alicyclic amines) is 1. The lowest BCUT2D eigenvalue weighted by Crippen LogP contribution is -2.39. The number of aromatic nitrogens is 2. The van der Waals surface area contributed by atoms with Crippen molar-refractivity contribution >= 4 is 23.5 Å². The molecule has 2 fully saturated rings. The Morgan fingerprint density at radius 3 is 2.63 bits per heavy atom. The minimum atomic E-state index is -0.205. The standard InChI is InChI=1S/C20H32ClN5O/c1-15-11-16(2)14-25(13-15)8-4-3-7-22-19(27)18-17(21)12-23-20(24-18)26-9-5-6-10-26/h12,15-16H,3-11,13-14H2,1-2H3,(H,22,27). The number of hydrogen-bond donors (Lipinski definition) is 1. The van der Waals surface area contributed by atoms with Gasteiger partial charge in [0.2, 0.25) is 5.95 Å². The summed E-state index contributed by atoms with van der Waals surface area (Å²) in [4.78, 5) is 25.8. The molecule has 150 valence electrons. The number of rotatable bonds is 7. The van der Waals surface area contributed by atoms with Crippen molar-refractivity contribution in [3.63, 3.8) is 0 Å². The summed E-state index contributed by atoms with van der Waals surface area (Å²) in [6, 6.07) is 0. The molecule has 0 spiro atoms. The first-order chi connectivity index (χ1) is 13.0. The normalized spacial score (nSPS) is 23.6. The van der Waals surface area contributed by atoms with Crippen LogP contribution in [0.4, 0.5) is 5.95 Å². The van der Waals surface area contributed by atoms with Gasteiger partial charge in [-0.1, -0.05) is 25.4 Å². The van der Waals surface area contributed by atoms with Gasteiger partial charge in [0.1, 0.15) is 0 Å². The second-order valence-corrected chi connectivity index (χ2v) is 8.64. The van der Waals surface area contributed by atoms with Crippen molar-refractivity contribution in [2.24, 2.45) is 11.8 Å². The number of nitrogens with one attached hydrogen (secondary N) is 1. The van der Waals surface area contributed by atoms with Gasteiger partial charge in [-0.2, -0.15) is 0 Å². The van der Waals surface area contributed by atoms with Crippen LogP contribution in [0, 0.1) is 11.8 Å². The van der Waals surface area contributed by atoms with Gasteiger partial charge in [-0.15, -0.1) is 0 Å². The average molecular weight is 394 g/mol. The fourth-order valence-corrected chi connectivity index (χ4v) is 4.48. The molecule has 0 saturated carbocycles. The molecule has 3 heterocycles. The molecule has 2 unspecified atom stereocenters. The predicted octanol–water partition coefficient (Wildman–Crippen LogP) is 3.22. The van der Waals surface area contributed by atoms with Crippen LogP contribution in [0.15, 0.2) is 6.20 Å². The summed E-state index contributed by atoms with van der Waals surface area (Å²) in [6.07, 6.45) is 7.22. The van der Waals surface area contributed by atoms with E-state index in [4.69, 9.17) is 11.6 Å². The van der Waals surface area contributed by atoms with E-state index in [1.807, 2.05) is 0 Å². The molecule has 2 atom stereocenters. The topological polar surface area (TPSA) is 61.4 Å². The molecule has 0 aromatic carbocycles. The van der Waals surface area contributed by atoms with Crippen LogP contribution in [0.2, 0.25) is 5.02 Å². The molecule has 27 heavy (non-hydrogen) atoms. The molecule has 0 bridgehead atoms. The number of hydrogen-bond acceptors (Lipinski definition) is 5. The Labute approximate surface area is 167 Å². The molecular formula is C20H32ClN5O. The number of carbonyl (C=O) groups is 1. The molecule has 7 heteroatoms. The summed E-state index contributed by atoms with van der Waals surface area (Å²) in [5.41, 5.74) is 0.284. The smallest absolute Gasteiger partial charge is 0.271 e. The molecule has 2 saturated heterocycles. The van der Waals surface area contributed by atoms with Crippen molar-refractivity contribution in [1.29, 1.82) is 0 Å². The molecule has 0 aliphatic carbocycles. The molecule has 0 radical (unpaired) electrons. The minimum absolute atomic E-state index is 0.205. The maximum absolute atomic E-state index is 12.5. The zero-order valence-electron chi connectivity index (χ0n) is 16.6. The number of amides is 1. The van der Waals surface area contributed by atoms with Gasteiger partial charge < -0.3 is 15.1 Å². The van der Waals surface area contributed by atoms with Crippen molar-refractivity contribution in [1.82, 2.24) is 20.2 Å². The number of nitrogens with zero attached hydrogens (tertiary/aromatic N) is 4. The fraction of sp³-hybridized carbons (Fsp3) is 0.750. The SMILES string of the molecule is CC1CC(C)CN(CCCCNC(=O)c2nc(N3CCCC3)ncc2Cl)C1. The highest BCUT2D eigenvalue weighted by Gasteiger charge is 2.21. The fourth-order valence-electron chi connectivity index (χ4n) is 4.31. The maximum atomic E-state index is 12.5. The molecule has 1 aromatic heterocycles. The van der Waals surface area contributed by atoms with Crippen molar-refractivity contribution in [2.45, 2.75) is 46.0 Å². The average Bonchev–Trinajstić information content (AvgIpc) is 3.15. The number of unbranched alkanes of at least 4 members (excludes halogenated alkanes) is 1. The number of anilines is 1. The van der Waals surface area contributed by atoms with Gasteiger partial charge >= 0.3 is 0 Å². The largest absolute Gasteiger partial charge is 0.351 e. The van der Waals surface area contributed by atoms with Gasteiger partial charge in [-0.3, -0.25) is 4.79 Å². The van der Waals surface area contributed by atoms with Crippen LogP contribution in [0.1, 0.15) is 56.4 Å². The Balaban J connectivity index is 1.42. The van der Waals surface area contributed by atoms with Crippen LogP contribution in [-0.4, -0.2) is 60.0 Å². The van der Waals surface area contributed by atoms with Gasteiger partial charge in [0.05, 0.1) is 11.2 Å². The third-order valence-corrected chi connectivity index (χ3v) is 5.74. The first-order valence-corrected chi connectivity index (χ1v) is 10.7.